The third kappa shape index (κ3) is 2.27. The minimum atomic E-state index is 0.372. The van der Waals surface area contributed by atoms with Gasteiger partial charge in [0, 0.05) is 31.1 Å². The van der Waals surface area contributed by atoms with Crippen molar-refractivity contribution in [3.05, 3.63) is 11.1 Å². The van der Waals surface area contributed by atoms with Crippen LogP contribution in [0.5, 0.6) is 0 Å². The summed E-state index contributed by atoms with van der Waals surface area (Å²) >= 11 is 0. The number of hydrogen-bond donors (Lipinski definition) is 0. The second kappa shape index (κ2) is 6.16. The van der Waals surface area contributed by atoms with E-state index in [9.17, 15) is 10.5 Å². The predicted molar refractivity (Wildman–Crippen MR) is 109 cm³/mol. The first kappa shape index (κ1) is 18.4. The van der Waals surface area contributed by atoms with Gasteiger partial charge in [0.05, 0.1) is 0 Å². The Kier molecular flexibility index (Phi) is 4.04. The maximum Gasteiger partial charge on any atom is 0.179 e. The molecular weight excluding hydrogens is 344 g/mol. The molecule has 28 heavy (non-hydrogen) atoms. The standard InChI is InChI=1S/C24H34N4/c1-16-20-6-7-22-19-8-10-23(2)12-17(27(3)14-25)4-5-21(23)18(19)9-11-24(20,22)13-28(16)15-26/h16-17,20-22H,4-13H2,1-3H3/t16-,17?,20+,21?,22+,23+,24?/m0/s1. The molecule has 0 N–H and O–H groups in total. The molecular formula is C24H34N4. The molecule has 2 saturated carbocycles. The van der Waals surface area contributed by atoms with Crippen LogP contribution in [0.15, 0.2) is 11.1 Å². The number of rotatable bonds is 1. The first-order valence-electron chi connectivity index (χ1n) is 11.4. The van der Waals surface area contributed by atoms with Crippen LogP contribution in [0.2, 0.25) is 0 Å². The number of nitriles is 2. The molecule has 0 radical (unpaired) electrons. The molecule has 5 rings (SSSR count). The van der Waals surface area contributed by atoms with Gasteiger partial charge >= 0.3 is 0 Å². The lowest BCUT2D eigenvalue weighted by atomic mass is 9.51. The van der Waals surface area contributed by atoms with Crippen LogP contribution >= 0.6 is 0 Å². The van der Waals surface area contributed by atoms with Gasteiger partial charge in [0.1, 0.15) is 0 Å². The molecule has 4 heteroatoms. The molecule has 1 saturated heterocycles. The van der Waals surface area contributed by atoms with Crippen LogP contribution < -0.4 is 0 Å². The van der Waals surface area contributed by atoms with E-state index in [2.05, 4.69) is 31.1 Å². The molecule has 1 heterocycles. The zero-order valence-corrected chi connectivity index (χ0v) is 17.7. The van der Waals surface area contributed by atoms with Crippen molar-refractivity contribution in [3.8, 4) is 12.4 Å². The zero-order chi connectivity index (χ0) is 19.7. The highest BCUT2D eigenvalue weighted by Gasteiger charge is 2.61. The van der Waals surface area contributed by atoms with E-state index in [1.54, 1.807) is 0 Å². The van der Waals surface area contributed by atoms with Crippen molar-refractivity contribution in [2.24, 2.45) is 28.6 Å². The van der Waals surface area contributed by atoms with Gasteiger partial charge in [0.15, 0.2) is 12.4 Å². The van der Waals surface area contributed by atoms with E-state index >= 15 is 0 Å². The summed E-state index contributed by atoms with van der Waals surface area (Å²) in [6, 6.07) is 0.863. The van der Waals surface area contributed by atoms with E-state index in [0.29, 0.717) is 22.9 Å². The summed E-state index contributed by atoms with van der Waals surface area (Å²) in [5.41, 5.74) is 4.42. The summed E-state index contributed by atoms with van der Waals surface area (Å²) < 4.78 is 0. The van der Waals surface area contributed by atoms with E-state index in [1.807, 2.05) is 23.1 Å². The van der Waals surface area contributed by atoms with Gasteiger partial charge < -0.3 is 9.80 Å². The average Bonchev–Trinajstić information content (AvgIpc) is 3.20. The Morgan fingerprint density at radius 3 is 2.50 bits per heavy atom. The van der Waals surface area contributed by atoms with Gasteiger partial charge in [0.2, 0.25) is 0 Å². The summed E-state index contributed by atoms with van der Waals surface area (Å²) in [6.45, 7) is 5.81. The fraction of sp³-hybridized carbons (Fsp3) is 0.833. The lowest BCUT2D eigenvalue weighted by Gasteiger charge is -2.54. The normalized spacial score (nSPS) is 46.8. The monoisotopic (exact) mass is 378 g/mol. The van der Waals surface area contributed by atoms with Crippen molar-refractivity contribution in [2.45, 2.75) is 83.7 Å². The molecule has 0 aromatic heterocycles. The van der Waals surface area contributed by atoms with Crippen molar-refractivity contribution in [1.82, 2.24) is 9.80 Å². The van der Waals surface area contributed by atoms with Crippen molar-refractivity contribution in [1.29, 1.82) is 10.5 Å². The molecule has 1 aliphatic heterocycles. The van der Waals surface area contributed by atoms with Crippen molar-refractivity contribution in [3.63, 3.8) is 0 Å². The third-order valence-electron chi connectivity index (χ3n) is 9.98. The smallest absolute Gasteiger partial charge is 0.179 e. The highest BCUT2D eigenvalue weighted by Crippen LogP contribution is 2.66. The summed E-state index contributed by atoms with van der Waals surface area (Å²) in [6.07, 6.45) is 16.3. The van der Waals surface area contributed by atoms with Crippen molar-refractivity contribution in [2.75, 3.05) is 13.6 Å². The van der Waals surface area contributed by atoms with Crippen LogP contribution in [0, 0.1) is 51.5 Å². The van der Waals surface area contributed by atoms with Gasteiger partial charge in [-0.3, -0.25) is 0 Å². The summed E-state index contributed by atoms with van der Waals surface area (Å²) in [5, 5.41) is 19.0. The van der Waals surface area contributed by atoms with Crippen LogP contribution in [-0.4, -0.2) is 35.5 Å². The van der Waals surface area contributed by atoms with Gasteiger partial charge in [-0.05, 0) is 87.9 Å². The summed E-state index contributed by atoms with van der Waals surface area (Å²) in [7, 11) is 1.97. The second-order valence-electron chi connectivity index (χ2n) is 10.8. The van der Waals surface area contributed by atoms with Gasteiger partial charge in [-0.25, -0.2) is 0 Å². The largest absolute Gasteiger partial charge is 0.311 e. The Bertz CT molecular complexity index is 787. The molecule has 0 amide bonds. The quantitative estimate of drug-likeness (QED) is 0.378. The summed E-state index contributed by atoms with van der Waals surface area (Å²) in [5.74, 6) is 2.20. The number of nitrogens with zero attached hydrogens (tertiary/aromatic N) is 4. The van der Waals surface area contributed by atoms with Crippen LogP contribution in [0.25, 0.3) is 0 Å². The van der Waals surface area contributed by atoms with Gasteiger partial charge in [-0.1, -0.05) is 18.1 Å². The molecule has 3 unspecified atom stereocenters. The van der Waals surface area contributed by atoms with Crippen LogP contribution in [0.1, 0.15) is 71.6 Å². The van der Waals surface area contributed by atoms with Gasteiger partial charge in [0.25, 0.3) is 0 Å². The molecule has 5 aliphatic rings. The molecule has 7 atom stereocenters. The fourth-order valence-electron chi connectivity index (χ4n) is 8.57. The Morgan fingerprint density at radius 2 is 1.75 bits per heavy atom. The highest BCUT2D eigenvalue weighted by molar-refractivity contribution is 5.34. The first-order chi connectivity index (χ1) is 13.4. The van der Waals surface area contributed by atoms with E-state index in [0.717, 1.165) is 24.3 Å². The number of hydrogen-bond acceptors (Lipinski definition) is 4. The average molecular weight is 379 g/mol. The third-order valence-corrected chi connectivity index (χ3v) is 9.98. The minimum absolute atomic E-state index is 0.372. The van der Waals surface area contributed by atoms with Crippen LogP contribution in [0.3, 0.4) is 0 Å². The van der Waals surface area contributed by atoms with Crippen molar-refractivity contribution < 1.29 is 0 Å². The molecule has 0 bridgehead atoms. The Hall–Kier alpha value is -1.68. The van der Waals surface area contributed by atoms with E-state index in [1.165, 1.54) is 57.8 Å². The lowest BCUT2D eigenvalue weighted by Crippen LogP contribution is -2.47. The van der Waals surface area contributed by atoms with E-state index in [4.69, 9.17) is 0 Å². The number of fused-ring (bicyclic) bond motifs is 3. The summed E-state index contributed by atoms with van der Waals surface area (Å²) in [4.78, 5) is 4.00. The maximum atomic E-state index is 9.63. The van der Waals surface area contributed by atoms with E-state index < -0.39 is 0 Å². The minimum Gasteiger partial charge on any atom is -0.311 e. The molecule has 1 spiro atoms. The zero-order valence-electron chi connectivity index (χ0n) is 17.7. The van der Waals surface area contributed by atoms with Gasteiger partial charge in [-0.15, -0.1) is 0 Å². The molecule has 3 fully saturated rings. The molecule has 0 aromatic rings. The Labute approximate surface area is 170 Å². The number of allylic oxidation sites excluding steroid dienone is 2. The highest BCUT2D eigenvalue weighted by atomic mass is 15.2. The van der Waals surface area contributed by atoms with Crippen molar-refractivity contribution >= 4 is 0 Å². The van der Waals surface area contributed by atoms with E-state index in [-0.39, 0.29) is 0 Å². The fourth-order valence-corrected chi connectivity index (χ4v) is 8.57. The lowest BCUT2D eigenvalue weighted by molar-refractivity contribution is 0.0485. The molecule has 0 aromatic carbocycles. The van der Waals surface area contributed by atoms with Gasteiger partial charge in [-0.2, -0.15) is 10.5 Å². The van der Waals surface area contributed by atoms with Crippen LogP contribution in [0.4, 0.5) is 0 Å². The maximum absolute atomic E-state index is 9.63. The Balaban J connectivity index is 1.45. The first-order valence-corrected chi connectivity index (χ1v) is 11.4. The SMILES string of the molecule is C[C@H]1[C@H]2CC[C@@H]3C4=C(CCC32CN1C#N)C1CCC(N(C)C#N)C[C@@]1(C)CC4. The number of likely N-dealkylation sites (tertiary alicyclic amines) is 1. The topological polar surface area (TPSA) is 54.1 Å². The molecule has 4 nitrogen and oxygen atoms in total. The molecule has 4 aliphatic carbocycles. The van der Waals surface area contributed by atoms with Crippen LogP contribution in [-0.2, 0) is 0 Å². The Morgan fingerprint density at radius 1 is 1.04 bits per heavy atom. The molecule has 150 valence electrons. The predicted octanol–water partition coefficient (Wildman–Crippen LogP) is 4.66. The second-order valence-corrected chi connectivity index (χ2v) is 10.8.